The fourth-order valence-corrected chi connectivity index (χ4v) is 9.93. The number of nitrogens with zero attached hydrogens (tertiary/aromatic N) is 8. The Morgan fingerprint density at radius 3 is 2.46 bits per heavy atom. The van der Waals surface area contributed by atoms with Gasteiger partial charge >= 0.3 is 0 Å². The van der Waals surface area contributed by atoms with Crippen LogP contribution in [0.4, 0.5) is 11.6 Å². The van der Waals surface area contributed by atoms with E-state index in [1.54, 1.807) is 43.4 Å². The molecule has 18 nitrogen and oxygen atoms in total. The molecule has 362 valence electrons. The van der Waals surface area contributed by atoms with Gasteiger partial charge in [0.2, 0.25) is 11.8 Å². The van der Waals surface area contributed by atoms with E-state index in [0.717, 1.165) is 66.2 Å². The first kappa shape index (κ1) is 48.5. The zero-order chi connectivity index (χ0) is 48.1. The van der Waals surface area contributed by atoms with Crippen molar-refractivity contribution in [1.82, 2.24) is 50.6 Å². The number of β-amino-alcohol motifs (C(OH)–C–C–N with tert-alkyl or cyclic N) is 1. The number of fused-ring (bicyclic) bond motifs is 1. The fourth-order valence-electron chi connectivity index (χ4n) is 9.12. The van der Waals surface area contributed by atoms with E-state index >= 15 is 0 Å². The maximum Gasteiger partial charge on any atom is 0.243 e. The quantitative estimate of drug-likeness (QED) is 0.0482. The number of aryl methyl sites for hydroxylation is 1. The van der Waals surface area contributed by atoms with Crippen molar-refractivity contribution in [1.29, 1.82) is 0 Å². The van der Waals surface area contributed by atoms with E-state index in [2.05, 4.69) is 46.5 Å². The van der Waals surface area contributed by atoms with Crippen LogP contribution < -0.4 is 21.3 Å². The molecule has 6 heterocycles. The zero-order valence-corrected chi connectivity index (χ0v) is 40.5. The number of phenols is 1. The van der Waals surface area contributed by atoms with Crippen LogP contribution >= 0.6 is 11.3 Å². The number of aliphatic hydroxyl groups is 2. The van der Waals surface area contributed by atoms with Gasteiger partial charge in [0.1, 0.15) is 17.7 Å². The minimum Gasteiger partial charge on any atom is -0.507 e. The van der Waals surface area contributed by atoms with E-state index in [-0.39, 0.29) is 48.5 Å². The maximum absolute atomic E-state index is 14.2. The van der Waals surface area contributed by atoms with E-state index in [1.807, 2.05) is 80.4 Å². The molecule has 0 saturated carbocycles. The number of carbonyl (C=O) groups excluding carboxylic acids is 2. The highest BCUT2D eigenvalue weighted by Gasteiger charge is 2.43. The van der Waals surface area contributed by atoms with Crippen LogP contribution in [-0.4, -0.2) is 137 Å². The number of anilines is 2. The molecule has 4 aromatic heterocycles. The molecule has 1 unspecified atom stereocenters. The van der Waals surface area contributed by atoms with Crippen molar-refractivity contribution < 1.29 is 29.4 Å². The number of para-hydroxylation sites is 1. The Morgan fingerprint density at radius 2 is 1.75 bits per heavy atom. The Morgan fingerprint density at radius 1 is 0.985 bits per heavy atom. The lowest BCUT2D eigenvalue weighted by Crippen LogP contribution is -2.48. The topological polar surface area (TPSA) is 232 Å². The van der Waals surface area contributed by atoms with Gasteiger partial charge in [0.05, 0.1) is 51.1 Å². The summed E-state index contributed by atoms with van der Waals surface area (Å²) < 4.78 is 7.77. The number of hydrogen-bond donors (Lipinski definition) is 7. The molecule has 2 saturated heterocycles. The van der Waals surface area contributed by atoms with E-state index in [4.69, 9.17) is 9.62 Å². The van der Waals surface area contributed by atoms with Crippen molar-refractivity contribution in [3.8, 4) is 27.4 Å². The fraction of sp³-hybridized carbons (Fsp3) is 0.490. The minimum atomic E-state index is -0.946. The van der Waals surface area contributed by atoms with Crippen molar-refractivity contribution in [3.63, 3.8) is 0 Å². The molecule has 6 aromatic rings. The van der Waals surface area contributed by atoms with E-state index < -0.39 is 23.7 Å². The minimum absolute atomic E-state index is 0.0591. The first-order valence-corrected chi connectivity index (χ1v) is 24.4. The second kappa shape index (κ2) is 21.1. The number of benzene rings is 2. The Labute approximate surface area is 400 Å². The first-order chi connectivity index (χ1) is 32.6. The molecular formula is C49H64N12O6S. The number of aromatic hydroxyl groups is 1. The molecule has 0 aliphatic carbocycles. The molecule has 2 amide bonds. The maximum atomic E-state index is 14.2. The lowest BCUT2D eigenvalue weighted by molar-refractivity contribution is -0.141. The van der Waals surface area contributed by atoms with Gasteiger partial charge in [-0.2, -0.15) is 5.10 Å². The molecule has 2 fully saturated rings. The van der Waals surface area contributed by atoms with Gasteiger partial charge < -0.3 is 50.9 Å². The molecule has 0 bridgehead atoms. The number of thiazole rings is 1. The highest BCUT2D eigenvalue weighted by atomic mass is 32.1. The molecule has 2 aliphatic heterocycles. The number of aromatic nitrogens is 6. The van der Waals surface area contributed by atoms with Crippen molar-refractivity contribution in [3.05, 3.63) is 83.2 Å². The molecule has 2 aromatic carbocycles. The molecular weight excluding hydrogens is 885 g/mol. The summed E-state index contributed by atoms with van der Waals surface area (Å²) in [5, 5.41) is 62.9. The number of aliphatic hydroxyl groups excluding tert-OH is 1. The molecule has 0 spiro atoms. The lowest BCUT2D eigenvalue weighted by atomic mass is 9.91. The summed E-state index contributed by atoms with van der Waals surface area (Å²) in [6, 6.07) is 17.8. The monoisotopic (exact) mass is 948 g/mol. The number of amides is 2. The summed E-state index contributed by atoms with van der Waals surface area (Å²) >= 11 is 1.59. The third-order valence-electron chi connectivity index (χ3n) is 12.8. The largest absolute Gasteiger partial charge is 0.507 e. The summed E-state index contributed by atoms with van der Waals surface area (Å²) in [6.45, 7) is 16.3. The average molecular weight is 949 g/mol. The second-order valence-corrected chi connectivity index (χ2v) is 19.9. The number of piperidine rings is 1. The molecule has 4 atom stereocenters. The van der Waals surface area contributed by atoms with Crippen LogP contribution in [-0.2, 0) is 9.59 Å². The summed E-state index contributed by atoms with van der Waals surface area (Å²) in [5.41, 5.74) is 6.46. The van der Waals surface area contributed by atoms with Gasteiger partial charge in [-0.15, -0.1) is 21.5 Å². The summed E-state index contributed by atoms with van der Waals surface area (Å²) in [5.74, 6) is 0.179. The summed E-state index contributed by atoms with van der Waals surface area (Å²) in [7, 11) is 0. The van der Waals surface area contributed by atoms with Crippen LogP contribution in [0.1, 0.15) is 88.9 Å². The van der Waals surface area contributed by atoms with Gasteiger partial charge in [-0.3, -0.25) is 14.3 Å². The molecule has 7 N–H and O–H groups in total. The lowest BCUT2D eigenvalue weighted by Gasteiger charge is -2.32. The Bertz CT molecular complexity index is 2650. The van der Waals surface area contributed by atoms with Gasteiger partial charge in [0.15, 0.2) is 22.9 Å². The SMILES string of the molecule is Cc1ncsc1-c1ccc([C@H](C)NC(=O)[C@@H]2C[C@@H](O)CN2C(=O)C(c2cc(NCCNCCN3CCC(n4nc(NCC(C)(C)O)c5nnc(-c6ccccc6O)cc54)CC3)no2)C(C)C)cc1. The number of hydrogen-bond acceptors (Lipinski definition) is 16. The Kier molecular flexibility index (Phi) is 15.0. The number of phenolic OH excluding ortho intramolecular Hbond substituents is 1. The van der Waals surface area contributed by atoms with Crippen LogP contribution in [0, 0.1) is 12.8 Å². The average Bonchev–Trinajstić information content (AvgIpc) is 4.13. The molecule has 0 radical (unpaired) electrons. The van der Waals surface area contributed by atoms with Crippen molar-refractivity contribution in [2.45, 2.75) is 96.6 Å². The number of likely N-dealkylation sites (tertiary alicyclic amines) is 2. The van der Waals surface area contributed by atoms with Gasteiger partial charge in [0.25, 0.3) is 0 Å². The molecule has 2 aliphatic rings. The predicted octanol–water partition coefficient (Wildman–Crippen LogP) is 5.72. The molecule has 68 heavy (non-hydrogen) atoms. The van der Waals surface area contributed by atoms with Crippen LogP contribution in [0.3, 0.4) is 0 Å². The van der Waals surface area contributed by atoms with Gasteiger partial charge in [-0.25, -0.2) is 4.98 Å². The zero-order valence-electron chi connectivity index (χ0n) is 39.6. The Hall–Kier alpha value is -5.99. The van der Waals surface area contributed by atoms with E-state index in [9.17, 15) is 24.9 Å². The first-order valence-electron chi connectivity index (χ1n) is 23.6. The standard InChI is InChI=1S/C49H64N12O6S/c1-29(2)43(48(65)60-26-35(62)23-39(60)47(64)54-30(3)32-11-13-33(14-12-32)45-31(4)53-28-68-45)41-25-42(58-67-41)51-18-17-50-19-22-59-20-15-34(16-21-59)61-38-24-37(36-9-7-8-10-40(36)63)55-56-44(38)46(57-61)52-27-49(5,6)66/h7-14,24-25,28-30,34-35,39,43,50,62-63,66H,15-23,26-27H2,1-6H3,(H,51,58)(H,52,57)(H,54,64)/t30-,35+,39-,43?/m0/s1. The number of rotatable bonds is 19. The van der Waals surface area contributed by atoms with Crippen LogP contribution in [0.2, 0.25) is 0 Å². The van der Waals surface area contributed by atoms with E-state index in [0.29, 0.717) is 53.8 Å². The highest BCUT2D eigenvalue weighted by molar-refractivity contribution is 7.13. The molecule has 19 heteroatoms. The predicted molar refractivity (Wildman–Crippen MR) is 262 cm³/mol. The second-order valence-electron chi connectivity index (χ2n) is 19.0. The van der Waals surface area contributed by atoms with Crippen molar-refractivity contribution in [2.24, 2.45) is 5.92 Å². The number of nitrogens with one attached hydrogen (secondary N) is 4. The third kappa shape index (κ3) is 11.3. The summed E-state index contributed by atoms with van der Waals surface area (Å²) in [4.78, 5) is 37.3. The van der Waals surface area contributed by atoms with Crippen LogP contribution in [0.5, 0.6) is 5.75 Å². The van der Waals surface area contributed by atoms with Crippen molar-refractivity contribution in [2.75, 3.05) is 63.0 Å². The smallest absolute Gasteiger partial charge is 0.243 e. The van der Waals surface area contributed by atoms with E-state index in [1.165, 1.54) is 4.90 Å². The van der Waals surface area contributed by atoms with Gasteiger partial charge in [-0.1, -0.05) is 55.4 Å². The highest BCUT2D eigenvalue weighted by Crippen LogP contribution is 2.35. The van der Waals surface area contributed by atoms with Crippen LogP contribution in [0.15, 0.2) is 70.7 Å². The normalized spacial score (nSPS) is 18.0. The molecule has 8 rings (SSSR count). The third-order valence-corrected chi connectivity index (χ3v) is 13.8. The van der Waals surface area contributed by atoms with Crippen molar-refractivity contribution >= 4 is 45.8 Å². The van der Waals surface area contributed by atoms with Crippen LogP contribution in [0.25, 0.3) is 32.7 Å². The number of carbonyl (C=O) groups is 2. The van der Waals surface area contributed by atoms with Gasteiger partial charge in [0, 0.05) is 70.4 Å². The Balaban J connectivity index is 0.798. The summed E-state index contributed by atoms with van der Waals surface area (Å²) in [6.07, 6.45) is 1.11. The van der Waals surface area contributed by atoms with Gasteiger partial charge in [-0.05, 0) is 75.8 Å².